The molecule has 1 atom stereocenters. The van der Waals surface area contributed by atoms with Gasteiger partial charge >= 0.3 is 5.97 Å². The summed E-state index contributed by atoms with van der Waals surface area (Å²) in [5.74, 6) is -1.06. The van der Waals surface area contributed by atoms with Crippen LogP contribution >= 0.6 is 0 Å². The molecular weight excluding hydrogens is 320 g/mol. The summed E-state index contributed by atoms with van der Waals surface area (Å²) in [7, 11) is 0. The predicted molar refractivity (Wildman–Crippen MR) is 93.1 cm³/mol. The van der Waals surface area contributed by atoms with E-state index in [-0.39, 0.29) is 18.9 Å². The van der Waals surface area contributed by atoms with E-state index in [1.165, 1.54) is 0 Å². The Bertz CT molecular complexity index is 782. The van der Waals surface area contributed by atoms with Gasteiger partial charge in [0.1, 0.15) is 0 Å². The number of carbonyl (C=O) groups is 2. The van der Waals surface area contributed by atoms with Crippen LogP contribution in [0.25, 0.3) is 5.69 Å². The molecule has 0 unspecified atom stereocenters. The number of carboxylic acid groups (broad SMARTS) is 1. The molecule has 1 aromatic heterocycles. The lowest BCUT2D eigenvalue weighted by atomic mass is 10.1. The number of morpholine rings is 1. The monoisotopic (exact) mass is 342 g/mol. The third-order valence-corrected chi connectivity index (χ3v) is 4.57. The zero-order valence-corrected chi connectivity index (χ0v) is 14.4. The maximum absolute atomic E-state index is 13.1. The standard InChI is InChI=1S/C19H22N2O4/c1-13-10-17(14(2)21(13)15-6-4-3-5-7-15)19(24)20-8-9-25-12-16(20)11-18(22)23/h3-7,10,16H,8-9,11-12H2,1-2H3,(H,22,23)/t16-/m1/s1. The van der Waals surface area contributed by atoms with E-state index in [0.29, 0.717) is 18.7 Å². The Kier molecular flexibility index (Phi) is 4.90. The number of rotatable bonds is 4. The van der Waals surface area contributed by atoms with Crippen LogP contribution in [-0.2, 0) is 9.53 Å². The molecule has 0 radical (unpaired) electrons. The van der Waals surface area contributed by atoms with Crippen molar-refractivity contribution in [2.24, 2.45) is 0 Å². The SMILES string of the molecule is Cc1cc(C(=O)N2CCOC[C@H]2CC(=O)O)c(C)n1-c1ccccc1. The highest BCUT2D eigenvalue weighted by Crippen LogP contribution is 2.24. The summed E-state index contributed by atoms with van der Waals surface area (Å²) in [4.78, 5) is 25.8. The van der Waals surface area contributed by atoms with Crippen LogP contribution in [0.4, 0.5) is 0 Å². The summed E-state index contributed by atoms with van der Waals surface area (Å²) in [6.07, 6.45) is -0.108. The van der Waals surface area contributed by atoms with Crippen molar-refractivity contribution in [2.45, 2.75) is 26.3 Å². The second-order valence-corrected chi connectivity index (χ2v) is 6.28. The van der Waals surface area contributed by atoms with E-state index in [1.807, 2.05) is 54.8 Å². The lowest BCUT2D eigenvalue weighted by molar-refractivity contribution is -0.139. The number of ether oxygens (including phenoxy) is 1. The summed E-state index contributed by atoms with van der Waals surface area (Å²) in [5, 5.41) is 9.09. The smallest absolute Gasteiger partial charge is 0.305 e. The quantitative estimate of drug-likeness (QED) is 0.926. The van der Waals surface area contributed by atoms with Gasteiger partial charge in [0.05, 0.1) is 31.2 Å². The number of carboxylic acids is 1. The molecule has 0 aliphatic carbocycles. The maximum atomic E-state index is 13.1. The lowest BCUT2D eigenvalue weighted by Gasteiger charge is -2.34. The average molecular weight is 342 g/mol. The number of aryl methyl sites for hydroxylation is 1. The van der Waals surface area contributed by atoms with Gasteiger partial charge < -0.3 is 19.3 Å². The number of aromatic nitrogens is 1. The molecule has 1 N–H and O–H groups in total. The van der Waals surface area contributed by atoms with Crippen LogP contribution in [0.3, 0.4) is 0 Å². The Morgan fingerprint density at radius 2 is 1.96 bits per heavy atom. The molecular formula is C19H22N2O4. The Labute approximate surface area is 146 Å². The number of aliphatic carboxylic acids is 1. The van der Waals surface area contributed by atoms with Gasteiger partial charge in [-0.15, -0.1) is 0 Å². The topological polar surface area (TPSA) is 71.8 Å². The molecule has 1 aliphatic rings. The molecule has 6 heteroatoms. The average Bonchev–Trinajstić information content (AvgIpc) is 2.89. The Balaban J connectivity index is 1.93. The molecule has 132 valence electrons. The normalized spacial score (nSPS) is 17.5. The van der Waals surface area contributed by atoms with Crippen LogP contribution in [0, 0.1) is 13.8 Å². The van der Waals surface area contributed by atoms with E-state index in [9.17, 15) is 9.59 Å². The minimum atomic E-state index is -0.928. The van der Waals surface area contributed by atoms with Gasteiger partial charge in [-0.05, 0) is 32.0 Å². The van der Waals surface area contributed by atoms with Gasteiger partial charge in [-0.1, -0.05) is 18.2 Å². The highest BCUT2D eigenvalue weighted by atomic mass is 16.5. The van der Waals surface area contributed by atoms with E-state index in [0.717, 1.165) is 17.1 Å². The highest BCUT2D eigenvalue weighted by Gasteiger charge is 2.31. The molecule has 0 spiro atoms. The fourth-order valence-electron chi connectivity index (χ4n) is 3.40. The fraction of sp³-hybridized carbons (Fsp3) is 0.368. The Morgan fingerprint density at radius 1 is 1.24 bits per heavy atom. The molecule has 6 nitrogen and oxygen atoms in total. The van der Waals surface area contributed by atoms with E-state index in [4.69, 9.17) is 9.84 Å². The number of nitrogens with zero attached hydrogens (tertiary/aromatic N) is 2. The minimum absolute atomic E-state index is 0.108. The van der Waals surface area contributed by atoms with Gasteiger partial charge in [-0.2, -0.15) is 0 Å². The molecule has 1 aromatic carbocycles. The van der Waals surface area contributed by atoms with E-state index in [2.05, 4.69) is 0 Å². The van der Waals surface area contributed by atoms with Crippen LogP contribution in [0.15, 0.2) is 36.4 Å². The van der Waals surface area contributed by atoms with Gasteiger partial charge in [0.15, 0.2) is 0 Å². The first kappa shape index (κ1) is 17.2. The third-order valence-electron chi connectivity index (χ3n) is 4.57. The molecule has 2 aromatic rings. The van der Waals surface area contributed by atoms with E-state index >= 15 is 0 Å². The summed E-state index contributed by atoms with van der Waals surface area (Å²) in [5.41, 5.74) is 3.43. The Hall–Kier alpha value is -2.60. The second kappa shape index (κ2) is 7.11. The lowest BCUT2D eigenvalue weighted by Crippen LogP contribution is -2.49. The molecule has 1 aliphatic heterocycles. The van der Waals surface area contributed by atoms with Gasteiger partial charge in [-0.3, -0.25) is 9.59 Å². The molecule has 0 bridgehead atoms. The first-order chi connectivity index (χ1) is 12.0. The number of hydrogen-bond donors (Lipinski definition) is 1. The van der Waals surface area contributed by atoms with Crippen molar-refractivity contribution in [3.63, 3.8) is 0 Å². The first-order valence-electron chi connectivity index (χ1n) is 8.34. The van der Waals surface area contributed by atoms with Gasteiger partial charge in [0, 0.05) is 23.6 Å². The fourth-order valence-corrected chi connectivity index (χ4v) is 3.40. The number of benzene rings is 1. The summed E-state index contributed by atoms with van der Waals surface area (Å²) >= 11 is 0. The molecule has 1 fully saturated rings. The van der Waals surface area contributed by atoms with Crippen molar-refractivity contribution in [3.05, 3.63) is 53.3 Å². The highest BCUT2D eigenvalue weighted by molar-refractivity contribution is 5.96. The molecule has 3 rings (SSSR count). The van der Waals surface area contributed by atoms with Crippen molar-refractivity contribution >= 4 is 11.9 Å². The number of carbonyl (C=O) groups excluding carboxylic acids is 1. The minimum Gasteiger partial charge on any atom is -0.481 e. The van der Waals surface area contributed by atoms with Gasteiger partial charge in [0.2, 0.25) is 0 Å². The molecule has 1 amide bonds. The number of para-hydroxylation sites is 1. The van der Waals surface area contributed by atoms with E-state index in [1.54, 1.807) is 4.90 Å². The molecule has 1 saturated heterocycles. The van der Waals surface area contributed by atoms with Crippen LogP contribution in [-0.4, -0.2) is 52.3 Å². The largest absolute Gasteiger partial charge is 0.481 e. The van der Waals surface area contributed by atoms with Crippen LogP contribution < -0.4 is 0 Å². The van der Waals surface area contributed by atoms with E-state index < -0.39 is 12.0 Å². The molecule has 0 saturated carbocycles. The van der Waals surface area contributed by atoms with Crippen LogP contribution in [0.1, 0.15) is 28.2 Å². The van der Waals surface area contributed by atoms with Gasteiger partial charge in [0.25, 0.3) is 5.91 Å². The zero-order chi connectivity index (χ0) is 18.0. The summed E-state index contributed by atoms with van der Waals surface area (Å²) in [6, 6.07) is 11.3. The zero-order valence-electron chi connectivity index (χ0n) is 14.4. The van der Waals surface area contributed by atoms with Crippen molar-refractivity contribution in [3.8, 4) is 5.69 Å². The number of amides is 1. The summed E-state index contributed by atoms with van der Waals surface area (Å²) in [6.45, 7) is 4.98. The Morgan fingerprint density at radius 3 is 2.64 bits per heavy atom. The molecule has 2 heterocycles. The third kappa shape index (κ3) is 3.44. The van der Waals surface area contributed by atoms with Crippen molar-refractivity contribution < 1.29 is 19.4 Å². The predicted octanol–water partition coefficient (Wildman–Crippen LogP) is 2.41. The van der Waals surface area contributed by atoms with Crippen LogP contribution in [0.2, 0.25) is 0 Å². The van der Waals surface area contributed by atoms with Gasteiger partial charge in [-0.25, -0.2) is 0 Å². The van der Waals surface area contributed by atoms with Crippen molar-refractivity contribution in [2.75, 3.05) is 19.8 Å². The van der Waals surface area contributed by atoms with Crippen molar-refractivity contribution in [1.29, 1.82) is 0 Å². The summed E-state index contributed by atoms with van der Waals surface area (Å²) < 4.78 is 7.41. The van der Waals surface area contributed by atoms with Crippen molar-refractivity contribution in [1.82, 2.24) is 9.47 Å². The number of hydrogen-bond acceptors (Lipinski definition) is 3. The maximum Gasteiger partial charge on any atom is 0.305 e. The second-order valence-electron chi connectivity index (χ2n) is 6.28. The first-order valence-corrected chi connectivity index (χ1v) is 8.34. The molecule has 25 heavy (non-hydrogen) atoms. The van der Waals surface area contributed by atoms with Crippen LogP contribution in [0.5, 0.6) is 0 Å².